The van der Waals surface area contributed by atoms with Gasteiger partial charge in [-0.1, -0.05) is 0 Å². The number of rotatable bonds is 8. The van der Waals surface area contributed by atoms with E-state index in [-0.39, 0.29) is 0 Å². The van der Waals surface area contributed by atoms with Gasteiger partial charge >= 0.3 is 0 Å². The molecule has 0 aromatic carbocycles. The fraction of sp³-hybridized carbons (Fsp3) is 0.769. The lowest BCUT2D eigenvalue weighted by atomic mass is 10.2. The van der Waals surface area contributed by atoms with E-state index in [1.807, 2.05) is 19.3 Å². The molecule has 18 heavy (non-hydrogen) atoms. The molecule has 2 rings (SSSR count). The molecule has 0 aliphatic carbocycles. The predicted octanol–water partition coefficient (Wildman–Crippen LogP) is 1.90. The van der Waals surface area contributed by atoms with Gasteiger partial charge in [0.15, 0.2) is 0 Å². The summed E-state index contributed by atoms with van der Waals surface area (Å²) < 4.78 is 13.1. The first-order valence-electron chi connectivity index (χ1n) is 6.84. The number of hydrogen-bond acceptors (Lipinski definition) is 4. The molecule has 1 aromatic rings. The molecule has 0 radical (unpaired) electrons. The van der Waals surface area contributed by atoms with E-state index >= 15 is 0 Å². The molecular formula is C13H23N3O2. The van der Waals surface area contributed by atoms with Crippen LogP contribution in [0, 0.1) is 0 Å². The highest BCUT2D eigenvalue weighted by atomic mass is 16.5. The minimum Gasteiger partial charge on any atom is -0.382 e. The Morgan fingerprint density at radius 2 is 2.56 bits per heavy atom. The molecule has 102 valence electrons. The molecule has 0 spiro atoms. The van der Waals surface area contributed by atoms with Gasteiger partial charge in [0.1, 0.15) is 0 Å². The average molecular weight is 253 g/mol. The van der Waals surface area contributed by atoms with Gasteiger partial charge in [-0.25, -0.2) is 4.98 Å². The number of ether oxygens (including phenoxy) is 2. The zero-order valence-electron chi connectivity index (χ0n) is 11.1. The van der Waals surface area contributed by atoms with Gasteiger partial charge in [0, 0.05) is 45.3 Å². The van der Waals surface area contributed by atoms with Crippen molar-refractivity contribution < 1.29 is 9.47 Å². The monoisotopic (exact) mass is 253 g/mol. The van der Waals surface area contributed by atoms with E-state index < -0.39 is 0 Å². The average Bonchev–Trinajstić information content (AvgIpc) is 3.03. The summed E-state index contributed by atoms with van der Waals surface area (Å²) in [4.78, 5) is 4.33. The lowest BCUT2D eigenvalue weighted by molar-refractivity contribution is 0.120. The molecule has 1 atom stereocenters. The second-order valence-electron chi connectivity index (χ2n) is 4.51. The minimum atomic E-state index is 0.346. The maximum absolute atomic E-state index is 5.58. The van der Waals surface area contributed by atoms with Crippen LogP contribution in [0.25, 0.3) is 0 Å². The van der Waals surface area contributed by atoms with Crippen molar-refractivity contribution in [3.8, 4) is 0 Å². The van der Waals surface area contributed by atoms with Gasteiger partial charge in [-0.05, 0) is 26.2 Å². The molecule has 1 N–H and O–H groups in total. The molecular weight excluding hydrogens is 230 g/mol. The summed E-state index contributed by atoms with van der Waals surface area (Å²) in [5.41, 5.74) is 0. The van der Waals surface area contributed by atoms with Crippen molar-refractivity contribution in [1.82, 2.24) is 9.55 Å². The van der Waals surface area contributed by atoms with E-state index in [1.165, 1.54) is 6.42 Å². The number of nitrogens with one attached hydrogen (secondary N) is 1. The second-order valence-corrected chi connectivity index (χ2v) is 4.51. The molecule has 0 saturated carbocycles. The van der Waals surface area contributed by atoms with Crippen LogP contribution in [0.1, 0.15) is 26.2 Å². The molecule has 1 aliphatic heterocycles. The summed E-state index contributed by atoms with van der Waals surface area (Å²) in [6, 6.07) is 0. The van der Waals surface area contributed by atoms with Crippen molar-refractivity contribution in [2.24, 2.45) is 0 Å². The summed E-state index contributed by atoms with van der Waals surface area (Å²) in [6.45, 7) is 6.30. The largest absolute Gasteiger partial charge is 0.382 e. The van der Waals surface area contributed by atoms with E-state index in [1.54, 1.807) is 0 Å². The highest BCUT2D eigenvalue weighted by molar-refractivity contribution is 5.25. The number of hydrogen-bond donors (Lipinski definition) is 1. The van der Waals surface area contributed by atoms with Crippen molar-refractivity contribution in [2.75, 3.05) is 31.7 Å². The zero-order chi connectivity index (χ0) is 12.6. The predicted molar refractivity (Wildman–Crippen MR) is 70.8 cm³/mol. The highest BCUT2D eigenvalue weighted by Crippen LogP contribution is 2.13. The van der Waals surface area contributed by atoms with Crippen LogP contribution in [-0.4, -0.2) is 42.0 Å². The Morgan fingerprint density at radius 3 is 3.33 bits per heavy atom. The fourth-order valence-corrected chi connectivity index (χ4v) is 2.15. The van der Waals surface area contributed by atoms with Crippen LogP contribution < -0.4 is 5.32 Å². The quantitative estimate of drug-likeness (QED) is 0.719. The van der Waals surface area contributed by atoms with Gasteiger partial charge in [0.2, 0.25) is 5.95 Å². The van der Waals surface area contributed by atoms with E-state index in [0.717, 1.165) is 51.7 Å². The normalized spacial score (nSPS) is 19.3. The molecule has 1 saturated heterocycles. The van der Waals surface area contributed by atoms with Crippen LogP contribution in [0.5, 0.6) is 0 Å². The summed E-state index contributed by atoms with van der Waals surface area (Å²) in [5, 5.41) is 3.36. The minimum absolute atomic E-state index is 0.346. The third-order valence-electron chi connectivity index (χ3n) is 3.12. The molecule has 5 nitrogen and oxygen atoms in total. The van der Waals surface area contributed by atoms with Crippen molar-refractivity contribution in [1.29, 1.82) is 0 Å². The first-order valence-corrected chi connectivity index (χ1v) is 6.84. The Morgan fingerprint density at radius 1 is 1.61 bits per heavy atom. The molecule has 1 unspecified atom stereocenters. The Balaban J connectivity index is 1.72. The van der Waals surface area contributed by atoms with Crippen LogP contribution in [0.4, 0.5) is 5.95 Å². The lowest BCUT2D eigenvalue weighted by Gasteiger charge is -2.13. The lowest BCUT2D eigenvalue weighted by Crippen LogP contribution is -2.20. The second kappa shape index (κ2) is 7.38. The maximum atomic E-state index is 5.58. The van der Waals surface area contributed by atoms with Crippen LogP contribution in [0.2, 0.25) is 0 Å². The summed E-state index contributed by atoms with van der Waals surface area (Å²) >= 11 is 0. The van der Waals surface area contributed by atoms with Crippen molar-refractivity contribution in [3.05, 3.63) is 12.4 Å². The van der Waals surface area contributed by atoms with Crippen LogP contribution in [0.3, 0.4) is 0 Å². The summed E-state index contributed by atoms with van der Waals surface area (Å²) in [5.74, 6) is 0.932. The summed E-state index contributed by atoms with van der Waals surface area (Å²) in [6.07, 6.45) is 7.52. The number of nitrogens with zero attached hydrogens (tertiary/aromatic N) is 2. The Labute approximate surface area is 108 Å². The standard InChI is InChI=1S/C13H23N3O2/c1-2-17-9-4-7-16-8-6-14-13(16)15-11-12-5-3-10-18-12/h6,8,12H,2-5,7,9-11H2,1H3,(H,14,15). The summed E-state index contributed by atoms with van der Waals surface area (Å²) in [7, 11) is 0. The number of aryl methyl sites for hydroxylation is 1. The first-order chi connectivity index (χ1) is 8.90. The van der Waals surface area contributed by atoms with E-state index in [0.29, 0.717) is 6.10 Å². The zero-order valence-corrected chi connectivity index (χ0v) is 11.1. The smallest absolute Gasteiger partial charge is 0.202 e. The van der Waals surface area contributed by atoms with Crippen molar-refractivity contribution >= 4 is 5.95 Å². The maximum Gasteiger partial charge on any atom is 0.202 e. The van der Waals surface area contributed by atoms with Crippen LogP contribution in [-0.2, 0) is 16.0 Å². The van der Waals surface area contributed by atoms with Crippen LogP contribution >= 0.6 is 0 Å². The molecule has 2 heterocycles. The topological polar surface area (TPSA) is 48.3 Å². The number of aromatic nitrogens is 2. The van der Waals surface area contributed by atoms with Crippen molar-refractivity contribution in [2.45, 2.75) is 38.8 Å². The van der Waals surface area contributed by atoms with Gasteiger partial charge in [-0.15, -0.1) is 0 Å². The van der Waals surface area contributed by atoms with Gasteiger partial charge in [0.05, 0.1) is 6.10 Å². The first kappa shape index (κ1) is 13.4. The van der Waals surface area contributed by atoms with E-state index in [4.69, 9.17) is 9.47 Å². The Hall–Kier alpha value is -1.07. The fourth-order valence-electron chi connectivity index (χ4n) is 2.15. The van der Waals surface area contributed by atoms with Gasteiger partial charge in [-0.3, -0.25) is 0 Å². The Bertz CT molecular complexity index is 335. The number of imidazole rings is 1. The molecule has 1 aliphatic rings. The molecule has 0 amide bonds. The highest BCUT2D eigenvalue weighted by Gasteiger charge is 2.15. The molecule has 0 bridgehead atoms. The molecule has 5 heteroatoms. The van der Waals surface area contributed by atoms with Gasteiger partial charge in [-0.2, -0.15) is 0 Å². The SMILES string of the molecule is CCOCCCn1ccnc1NCC1CCCO1. The van der Waals surface area contributed by atoms with E-state index in [2.05, 4.69) is 14.9 Å². The third-order valence-corrected chi connectivity index (χ3v) is 3.12. The van der Waals surface area contributed by atoms with Gasteiger partial charge < -0.3 is 19.4 Å². The Kier molecular flexibility index (Phi) is 5.48. The molecule has 1 aromatic heterocycles. The van der Waals surface area contributed by atoms with E-state index in [9.17, 15) is 0 Å². The van der Waals surface area contributed by atoms with Crippen LogP contribution in [0.15, 0.2) is 12.4 Å². The molecule has 1 fully saturated rings. The number of anilines is 1. The van der Waals surface area contributed by atoms with Gasteiger partial charge in [0.25, 0.3) is 0 Å². The third kappa shape index (κ3) is 3.99. The van der Waals surface area contributed by atoms with Crippen molar-refractivity contribution in [3.63, 3.8) is 0 Å².